The largest absolute Gasteiger partial charge is 0.507 e. The van der Waals surface area contributed by atoms with Crippen molar-refractivity contribution in [3.8, 4) is 22.6 Å². The van der Waals surface area contributed by atoms with E-state index < -0.39 is 46.5 Å². The predicted molar refractivity (Wildman–Crippen MR) is 144 cm³/mol. The highest BCUT2D eigenvalue weighted by Gasteiger charge is 2.19. The quantitative estimate of drug-likeness (QED) is 0.121. The second kappa shape index (κ2) is 11.7. The molecule has 210 valence electrons. The Bertz CT molecular complexity index is 1700. The summed E-state index contributed by atoms with van der Waals surface area (Å²) in [5.74, 6) is -6.46. The van der Waals surface area contributed by atoms with Crippen LogP contribution < -0.4 is 0 Å². The fourth-order valence-electron chi connectivity index (χ4n) is 3.76. The van der Waals surface area contributed by atoms with Crippen LogP contribution in [0.2, 0.25) is 0 Å². The van der Waals surface area contributed by atoms with E-state index in [0.717, 1.165) is 36.4 Å². The number of azo groups is 2. The van der Waals surface area contributed by atoms with Gasteiger partial charge in [0.05, 0.1) is 33.9 Å². The highest BCUT2D eigenvalue weighted by molar-refractivity contribution is 6.03. The fourth-order valence-corrected chi connectivity index (χ4v) is 3.76. The summed E-state index contributed by atoms with van der Waals surface area (Å²) in [5, 5.41) is 72.8. The summed E-state index contributed by atoms with van der Waals surface area (Å²) >= 11 is 0. The molecular formula is C28H18N4O10. The lowest BCUT2D eigenvalue weighted by atomic mass is 9.94. The fraction of sp³-hybridized carbons (Fsp3) is 0. The molecule has 0 unspecified atom stereocenters. The van der Waals surface area contributed by atoms with E-state index in [1.807, 2.05) is 0 Å². The van der Waals surface area contributed by atoms with Crippen molar-refractivity contribution >= 4 is 46.6 Å². The number of aromatic carboxylic acids is 4. The summed E-state index contributed by atoms with van der Waals surface area (Å²) in [7, 11) is 0. The van der Waals surface area contributed by atoms with Gasteiger partial charge in [-0.05, 0) is 71.8 Å². The van der Waals surface area contributed by atoms with Gasteiger partial charge >= 0.3 is 23.9 Å². The summed E-state index contributed by atoms with van der Waals surface area (Å²) in [6, 6.07) is 14.8. The van der Waals surface area contributed by atoms with Crippen molar-refractivity contribution in [2.45, 2.75) is 0 Å². The third-order valence-electron chi connectivity index (χ3n) is 5.74. The first-order valence-corrected chi connectivity index (χ1v) is 11.7. The molecule has 4 aromatic rings. The number of phenols is 2. The molecule has 0 saturated heterocycles. The molecule has 0 aliphatic rings. The molecule has 0 spiro atoms. The lowest BCUT2D eigenvalue weighted by Crippen LogP contribution is -2.04. The molecule has 14 nitrogen and oxygen atoms in total. The number of nitrogens with zero attached hydrogens (tertiary/aromatic N) is 4. The van der Waals surface area contributed by atoms with Crippen LogP contribution in [0, 0.1) is 0 Å². The third-order valence-corrected chi connectivity index (χ3v) is 5.74. The van der Waals surface area contributed by atoms with E-state index in [2.05, 4.69) is 20.5 Å². The summed E-state index contributed by atoms with van der Waals surface area (Å²) < 4.78 is 0. The van der Waals surface area contributed by atoms with Crippen LogP contribution in [0.4, 0.5) is 22.7 Å². The van der Waals surface area contributed by atoms with Crippen molar-refractivity contribution in [1.29, 1.82) is 0 Å². The van der Waals surface area contributed by atoms with E-state index in [1.54, 1.807) is 0 Å². The maximum atomic E-state index is 12.1. The SMILES string of the molecule is O=C(O)c1cc(N=Nc2ccc(-c3ccc(N=Nc4ccc(O)c(C(=O)O)c4)cc3C(=O)O)c(C(=O)O)c2)ccc1O. The second-order valence-electron chi connectivity index (χ2n) is 8.48. The minimum atomic E-state index is -1.39. The Labute approximate surface area is 234 Å². The Morgan fingerprint density at radius 2 is 0.667 bits per heavy atom. The Kier molecular flexibility index (Phi) is 7.99. The van der Waals surface area contributed by atoms with Gasteiger partial charge in [0.25, 0.3) is 0 Å². The summed E-state index contributed by atoms with van der Waals surface area (Å²) in [5.41, 5.74) is -1.01. The van der Waals surface area contributed by atoms with Crippen molar-refractivity contribution in [3.05, 3.63) is 95.1 Å². The van der Waals surface area contributed by atoms with Crippen molar-refractivity contribution < 1.29 is 49.8 Å². The average molecular weight is 570 g/mol. The van der Waals surface area contributed by atoms with Crippen LogP contribution in [0.15, 0.2) is 93.3 Å². The lowest BCUT2D eigenvalue weighted by Gasteiger charge is -2.11. The first kappa shape index (κ1) is 28.6. The maximum absolute atomic E-state index is 12.1. The zero-order valence-electron chi connectivity index (χ0n) is 21.0. The molecule has 4 aromatic carbocycles. The smallest absolute Gasteiger partial charge is 0.339 e. The Morgan fingerprint density at radius 3 is 0.952 bits per heavy atom. The van der Waals surface area contributed by atoms with Crippen LogP contribution in [0.1, 0.15) is 41.4 Å². The number of hydrogen-bond donors (Lipinski definition) is 6. The number of aromatic hydroxyl groups is 2. The zero-order valence-corrected chi connectivity index (χ0v) is 21.0. The molecule has 0 atom stereocenters. The van der Waals surface area contributed by atoms with E-state index in [4.69, 9.17) is 10.2 Å². The molecule has 0 aliphatic carbocycles. The molecule has 0 radical (unpaired) electrons. The first-order valence-electron chi connectivity index (χ1n) is 11.7. The first-order chi connectivity index (χ1) is 19.9. The van der Waals surface area contributed by atoms with Crippen molar-refractivity contribution in [1.82, 2.24) is 0 Å². The van der Waals surface area contributed by atoms with Gasteiger partial charge in [0.15, 0.2) is 0 Å². The van der Waals surface area contributed by atoms with Crippen LogP contribution in [0.25, 0.3) is 11.1 Å². The number of rotatable bonds is 9. The predicted octanol–water partition coefficient (Wildman–Crippen LogP) is 6.39. The monoisotopic (exact) mass is 570 g/mol. The summed E-state index contributed by atoms with van der Waals surface area (Å²) in [4.78, 5) is 46.6. The number of hydrogen-bond acceptors (Lipinski definition) is 10. The van der Waals surface area contributed by atoms with E-state index in [0.29, 0.717) is 0 Å². The minimum Gasteiger partial charge on any atom is -0.507 e. The van der Waals surface area contributed by atoms with Crippen LogP contribution in [0.3, 0.4) is 0 Å². The molecule has 0 saturated carbocycles. The maximum Gasteiger partial charge on any atom is 0.339 e. The van der Waals surface area contributed by atoms with Crippen LogP contribution >= 0.6 is 0 Å². The zero-order chi connectivity index (χ0) is 30.6. The van der Waals surface area contributed by atoms with Crippen molar-refractivity contribution in [2.75, 3.05) is 0 Å². The molecule has 0 heterocycles. The van der Waals surface area contributed by atoms with Gasteiger partial charge in [-0.2, -0.15) is 20.5 Å². The van der Waals surface area contributed by atoms with Crippen LogP contribution in [-0.2, 0) is 0 Å². The average Bonchev–Trinajstić information content (AvgIpc) is 2.95. The molecule has 0 amide bonds. The van der Waals surface area contributed by atoms with E-state index >= 15 is 0 Å². The number of carbonyl (C=O) groups is 4. The molecule has 0 aromatic heterocycles. The topological polar surface area (TPSA) is 239 Å². The summed E-state index contributed by atoms with van der Waals surface area (Å²) in [6.07, 6.45) is 0. The number of carboxylic acid groups (broad SMARTS) is 4. The summed E-state index contributed by atoms with van der Waals surface area (Å²) in [6.45, 7) is 0. The lowest BCUT2D eigenvalue weighted by molar-refractivity contribution is 0.0682. The van der Waals surface area contributed by atoms with Gasteiger partial charge in [-0.3, -0.25) is 0 Å². The van der Waals surface area contributed by atoms with E-state index in [-0.39, 0.29) is 45.0 Å². The van der Waals surface area contributed by atoms with Crippen molar-refractivity contribution in [2.24, 2.45) is 20.5 Å². The third kappa shape index (κ3) is 6.23. The number of benzene rings is 4. The molecule has 0 aliphatic heterocycles. The Morgan fingerprint density at radius 1 is 0.405 bits per heavy atom. The molecule has 42 heavy (non-hydrogen) atoms. The molecule has 0 bridgehead atoms. The van der Waals surface area contributed by atoms with Gasteiger partial charge in [-0.25, -0.2) is 19.2 Å². The molecule has 6 N–H and O–H groups in total. The second-order valence-corrected chi connectivity index (χ2v) is 8.48. The Hall–Kier alpha value is -6.44. The molecule has 0 fully saturated rings. The highest BCUT2D eigenvalue weighted by atomic mass is 16.4. The number of carboxylic acids is 4. The normalized spacial score (nSPS) is 11.1. The van der Waals surface area contributed by atoms with Gasteiger partial charge in [-0.15, -0.1) is 0 Å². The standard InChI is InChI=1S/C28H18N4O10/c33-23-7-3-15(11-21(23)27(39)40)31-29-13-1-5-17(19(9-13)25(35)36)18-6-2-14(10-20(18)26(37)38)30-32-16-4-8-24(34)22(12-16)28(41)42/h1-12,33-34H,(H,35,36)(H,37,38)(H,39,40)(H,41,42). The van der Waals surface area contributed by atoms with Gasteiger partial charge in [-0.1, -0.05) is 12.1 Å². The van der Waals surface area contributed by atoms with Gasteiger partial charge in [0, 0.05) is 0 Å². The Balaban J connectivity index is 1.68. The van der Waals surface area contributed by atoms with E-state index in [1.165, 1.54) is 36.4 Å². The van der Waals surface area contributed by atoms with Gasteiger partial charge in [0.1, 0.15) is 22.6 Å². The van der Waals surface area contributed by atoms with E-state index in [9.17, 15) is 39.6 Å². The molecule has 4 rings (SSSR count). The minimum absolute atomic E-state index is 0.0461. The van der Waals surface area contributed by atoms with Crippen molar-refractivity contribution in [3.63, 3.8) is 0 Å². The van der Waals surface area contributed by atoms with Gasteiger partial charge in [0.2, 0.25) is 0 Å². The van der Waals surface area contributed by atoms with Crippen LogP contribution in [-0.4, -0.2) is 54.5 Å². The highest BCUT2D eigenvalue weighted by Crippen LogP contribution is 2.34. The van der Waals surface area contributed by atoms with Crippen LogP contribution in [0.5, 0.6) is 11.5 Å². The molecular weight excluding hydrogens is 552 g/mol. The molecule has 14 heteroatoms. The van der Waals surface area contributed by atoms with Gasteiger partial charge < -0.3 is 30.6 Å².